The van der Waals surface area contributed by atoms with Gasteiger partial charge in [0.05, 0.1) is 0 Å². The average Bonchev–Trinajstić information content (AvgIpc) is 2.39. The molecule has 0 saturated carbocycles. The highest BCUT2D eigenvalue weighted by Crippen LogP contribution is 2.12. The van der Waals surface area contributed by atoms with Gasteiger partial charge in [-0.25, -0.2) is 0 Å². The van der Waals surface area contributed by atoms with Crippen molar-refractivity contribution in [2.45, 2.75) is 90.4 Å². The molecule has 0 aliphatic carbocycles. The fourth-order valence-corrected chi connectivity index (χ4v) is 2.30. The second kappa shape index (κ2) is 16.5. The molecule has 0 N–H and O–H groups in total. The summed E-state index contributed by atoms with van der Waals surface area (Å²) in [5, 5.41) is 0. The van der Waals surface area contributed by atoms with Gasteiger partial charge in [0.2, 0.25) is 0 Å². The molecular formula is C18H34. The second-order valence-electron chi connectivity index (χ2n) is 5.34. The summed E-state index contributed by atoms with van der Waals surface area (Å²) < 4.78 is 0. The van der Waals surface area contributed by atoms with Crippen LogP contribution < -0.4 is 0 Å². The van der Waals surface area contributed by atoms with Crippen molar-refractivity contribution < 1.29 is 0 Å². The lowest BCUT2D eigenvalue weighted by molar-refractivity contribution is 0.545. The summed E-state index contributed by atoms with van der Waals surface area (Å²) in [4.78, 5) is 0. The molecule has 0 aliphatic heterocycles. The van der Waals surface area contributed by atoms with Crippen LogP contribution in [0.15, 0.2) is 24.8 Å². The summed E-state index contributed by atoms with van der Waals surface area (Å²) in [7, 11) is 0. The molecule has 0 amide bonds. The molecule has 0 aliphatic rings. The Morgan fingerprint density at radius 2 is 1.11 bits per heavy atom. The van der Waals surface area contributed by atoms with E-state index < -0.39 is 0 Å². The Hall–Kier alpha value is -0.520. The van der Waals surface area contributed by atoms with Crippen molar-refractivity contribution in [1.82, 2.24) is 0 Å². The van der Waals surface area contributed by atoms with Crippen molar-refractivity contribution in [3.8, 4) is 0 Å². The third-order valence-electron chi connectivity index (χ3n) is 3.50. The van der Waals surface area contributed by atoms with Crippen LogP contribution in [-0.2, 0) is 0 Å². The molecule has 0 heterocycles. The monoisotopic (exact) mass is 250 g/mol. The van der Waals surface area contributed by atoms with E-state index in [4.69, 9.17) is 0 Å². The van der Waals surface area contributed by atoms with Gasteiger partial charge in [-0.05, 0) is 12.8 Å². The fraction of sp³-hybridized carbons (Fsp3) is 0.778. The van der Waals surface area contributed by atoms with Crippen molar-refractivity contribution in [2.75, 3.05) is 0 Å². The highest BCUT2D eigenvalue weighted by atomic mass is 14.0. The Labute approximate surface area is 116 Å². The SMILES string of the molecule is C=CC=CCCCCCCCCCCCCCC. The van der Waals surface area contributed by atoms with E-state index in [1.807, 2.05) is 6.08 Å². The highest BCUT2D eigenvalue weighted by molar-refractivity contribution is 4.96. The van der Waals surface area contributed by atoms with Crippen LogP contribution in [0.4, 0.5) is 0 Å². The first kappa shape index (κ1) is 17.5. The van der Waals surface area contributed by atoms with E-state index in [2.05, 4.69) is 25.7 Å². The van der Waals surface area contributed by atoms with Crippen molar-refractivity contribution in [2.24, 2.45) is 0 Å². The van der Waals surface area contributed by atoms with Crippen LogP contribution in [-0.4, -0.2) is 0 Å². The van der Waals surface area contributed by atoms with Gasteiger partial charge in [-0.3, -0.25) is 0 Å². The molecule has 0 aromatic rings. The molecule has 0 saturated heterocycles. The van der Waals surface area contributed by atoms with Crippen molar-refractivity contribution in [3.63, 3.8) is 0 Å². The third-order valence-corrected chi connectivity index (χ3v) is 3.50. The Morgan fingerprint density at radius 3 is 1.56 bits per heavy atom. The summed E-state index contributed by atoms with van der Waals surface area (Å²) in [6, 6.07) is 0. The summed E-state index contributed by atoms with van der Waals surface area (Å²) in [5.41, 5.74) is 0. The van der Waals surface area contributed by atoms with Crippen LogP contribution >= 0.6 is 0 Å². The van der Waals surface area contributed by atoms with Gasteiger partial charge in [-0.15, -0.1) is 0 Å². The van der Waals surface area contributed by atoms with Gasteiger partial charge < -0.3 is 0 Å². The zero-order chi connectivity index (χ0) is 13.3. The molecule has 0 aromatic heterocycles. The van der Waals surface area contributed by atoms with Gasteiger partial charge in [0.1, 0.15) is 0 Å². The minimum Gasteiger partial charge on any atom is -0.0991 e. The third kappa shape index (κ3) is 15.5. The Morgan fingerprint density at radius 1 is 0.667 bits per heavy atom. The van der Waals surface area contributed by atoms with E-state index in [9.17, 15) is 0 Å². The van der Waals surface area contributed by atoms with Crippen molar-refractivity contribution in [1.29, 1.82) is 0 Å². The molecule has 0 spiro atoms. The number of hydrogen-bond acceptors (Lipinski definition) is 0. The smallest absolute Gasteiger partial charge is 0.0348 e. The van der Waals surface area contributed by atoms with E-state index >= 15 is 0 Å². The predicted octanol–water partition coefficient (Wildman–Crippen LogP) is 6.82. The number of hydrogen-bond donors (Lipinski definition) is 0. The van der Waals surface area contributed by atoms with Gasteiger partial charge in [-0.1, -0.05) is 102 Å². The Balaban J connectivity index is 2.94. The first-order valence-electron chi connectivity index (χ1n) is 8.19. The molecule has 0 heteroatoms. The maximum atomic E-state index is 3.67. The lowest BCUT2D eigenvalue weighted by atomic mass is 10.0. The maximum absolute atomic E-state index is 3.67. The van der Waals surface area contributed by atoms with Crippen molar-refractivity contribution >= 4 is 0 Å². The molecule has 18 heavy (non-hydrogen) atoms. The van der Waals surface area contributed by atoms with Gasteiger partial charge in [0, 0.05) is 0 Å². The summed E-state index contributed by atoms with van der Waals surface area (Å²) >= 11 is 0. The maximum Gasteiger partial charge on any atom is -0.0348 e. The first-order chi connectivity index (χ1) is 8.91. The zero-order valence-corrected chi connectivity index (χ0v) is 12.6. The van der Waals surface area contributed by atoms with Crippen LogP contribution in [0.5, 0.6) is 0 Å². The normalized spacial score (nSPS) is 11.2. The molecule has 0 radical (unpaired) electrons. The molecule has 0 bridgehead atoms. The van der Waals surface area contributed by atoms with Crippen LogP contribution in [0.2, 0.25) is 0 Å². The molecule has 0 rings (SSSR count). The number of unbranched alkanes of at least 4 members (excludes halogenated alkanes) is 12. The highest BCUT2D eigenvalue weighted by Gasteiger charge is 1.92. The van der Waals surface area contributed by atoms with Gasteiger partial charge >= 0.3 is 0 Å². The first-order valence-corrected chi connectivity index (χ1v) is 8.19. The van der Waals surface area contributed by atoms with E-state index in [1.54, 1.807) is 0 Å². The second-order valence-corrected chi connectivity index (χ2v) is 5.34. The van der Waals surface area contributed by atoms with Gasteiger partial charge in [0.25, 0.3) is 0 Å². The Kier molecular flexibility index (Phi) is 16.0. The molecule has 0 aromatic carbocycles. The van der Waals surface area contributed by atoms with E-state index in [-0.39, 0.29) is 0 Å². The van der Waals surface area contributed by atoms with Gasteiger partial charge in [-0.2, -0.15) is 0 Å². The summed E-state index contributed by atoms with van der Waals surface area (Å²) in [6.45, 7) is 5.96. The fourth-order valence-electron chi connectivity index (χ4n) is 2.30. The molecule has 0 unspecified atom stereocenters. The van der Waals surface area contributed by atoms with E-state index in [0.29, 0.717) is 0 Å². The number of allylic oxidation sites excluding steroid dienone is 3. The topological polar surface area (TPSA) is 0 Å². The molecule has 0 nitrogen and oxygen atoms in total. The largest absolute Gasteiger partial charge is 0.0991 e. The lowest BCUT2D eigenvalue weighted by Crippen LogP contribution is -1.82. The Bertz CT molecular complexity index is 178. The van der Waals surface area contributed by atoms with Gasteiger partial charge in [0.15, 0.2) is 0 Å². The molecule has 0 atom stereocenters. The van der Waals surface area contributed by atoms with Crippen LogP contribution in [0, 0.1) is 0 Å². The van der Waals surface area contributed by atoms with E-state index in [0.717, 1.165) is 0 Å². The van der Waals surface area contributed by atoms with Crippen LogP contribution in [0.1, 0.15) is 90.4 Å². The molecule has 106 valence electrons. The predicted molar refractivity (Wildman–Crippen MR) is 85.0 cm³/mol. The standard InChI is InChI=1S/C18H34/c1-3-5-7-9-11-13-15-17-18-16-14-12-10-8-6-4-2/h3,5,7H,1,4,6,8-18H2,2H3. The minimum absolute atomic E-state index is 1.23. The van der Waals surface area contributed by atoms with Crippen molar-refractivity contribution in [3.05, 3.63) is 24.8 Å². The summed E-state index contributed by atoms with van der Waals surface area (Å²) in [6.07, 6.45) is 24.5. The molecule has 0 fully saturated rings. The average molecular weight is 250 g/mol. The lowest BCUT2D eigenvalue weighted by Gasteiger charge is -2.02. The quantitative estimate of drug-likeness (QED) is 0.234. The van der Waals surface area contributed by atoms with E-state index in [1.165, 1.54) is 83.5 Å². The summed E-state index contributed by atoms with van der Waals surface area (Å²) in [5.74, 6) is 0. The van der Waals surface area contributed by atoms with Crippen LogP contribution in [0.25, 0.3) is 0 Å². The van der Waals surface area contributed by atoms with Crippen LogP contribution in [0.3, 0.4) is 0 Å². The minimum atomic E-state index is 1.23. The number of rotatable bonds is 14. The molecular weight excluding hydrogens is 216 g/mol. The zero-order valence-electron chi connectivity index (χ0n) is 12.6.